The average molecular weight is 290 g/mol. The lowest BCUT2D eigenvalue weighted by molar-refractivity contribution is 0.0781. The van der Waals surface area contributed by atoms with Gasteiger partial charge in [0, 0.05) is 37.8 Å². The van der Waals surface area contributed by atoms with Crippen molar-refractivity contribution in [1.82, 2.24) is 9.80 Å². The molecule has 0 bridgehead atoms. The number of nitrogens with zero attached hydrogens (tertiary/aromatic N) is 2. The van der Waals surface area contributed by atoms with E-state index in [4.69, 9.17) is 15.9 Å². The van der Waals surface area contributed by atoms with Crippen molar-refractivity contribution in [3.05, 3.63) is 29.8 Å². The number of hydrogen-bond acceptors (Lipinski definition) is 4. The van der Waals surface area contributed by atoms with Crippen molar-refractivity contribution in [2.75, 3.05) is 39.3 Å². The van der Waals surface area contributed by atoms with Gasteiger partial charge in [-0.3, -0.25) is 15.2 Å². The molecule has 1 aliphatic rings. The molecule has 2 rings (SSSR count). The Morgan fingerprint density at radius 1 is 1.33 bits per heavy atom. The Hall–Kier alpha value is -1.59. The first-order valence-corrected chi connectivity index (χ1v) is 7.63. The topological polar surface area (TPSA) is 65.6 Å². The molecular formula is C16H26N4O. The number of hydrogen-bond donors (Lipinski definition) is 2. The highest BCUT2D eigenvalue weighted by atomic mass is 16.5. The third-order valence-electron chi connectivity index (χ3n) is 4.10. The van der Waals surface area contributed by atoms with Crippen molar-refractivity contribution in [3.8, 4) is 5.75 Å². The molecule has 0 aromatic heterocycles. The molecular weight excluding hydrogens is 264 g/mol. The second kappa shape index (κ2) is 7.43. The van der Waals surface area contributed by atoms with E-state index < -0.39 is 0 Å². The van der Waals surface area contributed by atoms with Crippen LogP contribution in [0, 0.1) is 5.41 Å². The molecule has 1 aromatic carbocycles. The molecule has 1 saturated heterocycles. The maximum absolute atomic E-state index is 7.36. The summed E-state index contributed by atoms with van der Waals surface area (Å²) in [6, 6.07) is 8.00. The van der Waals surface area contributed by atoms with Crippen LogP contribution in [0.3, 0.4) is 0 Å². The van der Waals surface area contributed by atoms with E-state index in [1.165, 1.54) is 0 Å². The molecule has 1 aromatic rings. The molecule has 1 unspecified atom stereocenters. The Balaban J connectivity index is 1.73. The second-order valence-corrected chi connectivity index (χ2v) is 5.56. The fraction of sp³-hybridized carbons (Fsp3) is 0.562. The zero-order chi connectivity index (χ0) is 15.2. The fourth-order valence-corrected chi connectivity index (χ4v) is 2.77. The normalized spacial score (nSPS) is 20.4. The average Bonchev–Trinajstić information content (AvgIpc) is 2.48. The lowest BCUT2D eigenvalue weighted by atomic mass is 10.2. The zero-order valence-corrected chi connectivity index (χ0v) is 13.0. The quantitative estimate of drug-likeness (QED) is 0.613. The summed E-state index contributed by atoms with van der Waals surface area (Å²) in [5, 5.41) is 7.36. The molecule has 0 aliphatic carbocycles. The third kappa shape index (κ3) is 4.44. The number of nitrogen functional groups attached to an aromatic ring is 1. The Morgan fingerprint density at radius 3 is 2.62 bits per heavy atom. The molecule has 0 spiro atoms. The molecule has 1 heterocycles. The van der Waals surface area contributed by atoms with Crippen LogP contribution >= 0.6 is 0 Å². The maximum Gasteiger partial charge on any atom is 0.122 e. The van der Waals surface area contributed by atoms with Crippen LogP contribution in [0.2, 0.25) is 0 Å². The minimum Gasteiger partial charge on any atom is -0.492 e. The summed E-state index contributed by atoms with van der Waals surface area (Å²) >= 11 is 0. The van der Waals surface area contributed by atoms with E-state index in [-0.39, 0.29) is 5.84 Å². The lowest BCUT2D eigenvalue weighted by Gasteiger charge is -2.39. The molecule has 1 fully saturated rings. The van der Waals surface area contributed by atoms with Gasteiger partial charge in [-0.15, -0.1) is 0 Å². The second-order valence-electron chi connectivity index (χ2n) is 5.56. The molecule has 116 valence electrons. The van der Waals surface area contributed by atoms with Crippen LogP contribution in [0.15, 0.2) is 24.3 Å². The van der Waals surface area contributed by atoms with Crippen molar-refractivity contribution >= 4 is 5.84 Å². The maximum atomic E-state index is 7.36. The summed E-state index contributed by atoms with van der Waals surface area (Å²) in [5.74, 6) is 0.921. The summed E-state index contributed by atoms with van der Waals surface area (Å²) in [6.07, 6.45) is 0. The van der Waals surface area contributed by atoms with Crippen molar-refractivity contribution in [2.45, 2.75) is 19.9 Å². The van der Waals surface area contributed by atoms with E-state index in [0.717, 1.165) is 44.0 Å². The monoisotopic (exact) mass is 290 g/mol. The van der Waals surface area contributed by atoms with Gasteiger partial charge >= 0.3 is 0 Å². The van der Waals surface area contributed by atoms with E-state index in [2.05, 4.69) is 23.6 Å². The zero-order valence-electron chi connectivity index (χ0n) is 13.0. The van der Waals surface area contributed by atoms with Crippen molar-refractivity contribution < 1.29 is 4.74 Å². The van der Waals surface area contributed by atoms with Gasteiger partial charge in [0.2, 0.25) is 0 Å². The Labute approximate surface area is 127 Å². The van der Waals surface area contributed by atoms with Crippen LogP contribution in [-0.4, -0.2) is 61.0 Å². The van der Waals surface area contributed by atoms with Gasteiger partial charge in [-0.2, -0.15) is 0 Å². The summed E-state index contributed by atoms with van der Waals surface area (Å²) in [6.45, 7) is 10.7. The van der Waals surface area contributed by atoms with Crippen LogP contribution in [-0.2, 0) is 0 Å². The van der Waals surface area contributed by atoms with E-state index in [9.17, 15) is 0 Å². The molecule has 5 nitrogen and oxygen atoms in total. The van der Waals surface area contributed by atoms with Crippen LogP contribution < -0.4 is 10.5 Å². The number of ether oxygens (including phenoxy) is 1. The fourth-order valence-electron chi connectivity index (χ4n) is 2.77. The van der Waals surface area contributed by atoms with Gasteiger partial charge in [-0.25, -0.2) is 0 Å². The molecule has 0 saturated carbocycles. The van der Waals surface area contributed by atoms with Gasteiger partial charge in [0.25, 0.3) is 0 Å². The van der Waals surface area contributed by atoms with Crippen molar-refractivity contribution in [1.29, 1.82) is 5.41 Å². The summed E-state index contributed by atoms with van der Waals surface area (Å²) in [4.78, 5) is 4.97. The van der Waals surface area contributed by atoms with Gasteiger partial charge in [-0.05, 0) is 37.7 Å². The number of likely N-dealkylation sites (N-methyl/N-ethyl adjacent to an activating group) is 1. The number of piperazine rings is 1. The van der Waals surface area contributed by atoms with E-state index >= 15 is 0 Å². The first-order chi connectivity index (χ1) is 10.1. The molecule has 5 heteroatoms. The minimum absolute atomic E-state index is 0.0873. The highest BCUT2D eigenvalue weighted by Crippen LogP contribution is 2.13. The molecule has 1 aliphatic heterocycles. The largest absolute Gasteiger partial charge is 0.492 e. The lowest BCUT2D eigenvalue weighted by Crippen LogP contribution is -2.52. The summed E-state index contributed by atoms with van der Waals surface area (Å²) < 4.78 is 5.77. The van der Waals surface area contributed by atoms with Crippen LogP contribution in [0.1, 0.15) is 19.4 Å². The summed E-state index contributed by atoms with van der Waals surface area (Å²) in [7, 11) is 0. The Morgan fingerprint density at radius 2 is 2.05 bits per heavy atom. The van der Waals surface area contributed by atoms with Crippen LogP contribution in [0.4, 0.5) is 0 Å². The van der Waals surface area contributed by atoms with Gasteiger partial charge in [-0.1, -0.05) is 6.92 Å². The third-order valence-corrected chi connectivity index (χ3v) is 4.10. The molecule has 3 N–H and O–H groups in total. The number of nitrogens with two attached hydrogens (primary N) is 1. The Kier molecular flexibility index (Phi) is 5.59. The molecule has 21 heavy (non-hydrogen) atoms. The number of amidine groups is 1. The van der Waals surface area contributed by atoms with Crippen molar-refractivity contribution in [2.24, 2.45) is 5.73 Å². The smallest absolute Gasteiger partial charge is 0.122 e. The number of benzene rings is 1. The molecule has 0 radical (unpaired) electrons. The van der Waals surface area contributed by atoms with Crippen molar-refractivity contribution in [3.63, 3.8) is 0 Å². The minimum atomic E-state index is 0.0873. The van der Waals surface area contributed by atoms with E-state index in [1.807, 2.05) is 24.3 Å². The standard InChI is InChI=1S/C16H26N4O/c1-3-20-9-8-19(12-13(20)2)10-11-21-15-6-4-14(5-7-15)16(17)18/h4-7,13H,3,8-12H2,1-2H3,(H3,17,18). The predicted molar refractivity (Wildman–Crippen MR) is 86.1 cm³/mol. The van der Waals surface area contributed by atoms with Gasteiger partial charge < -0.3 is 10.5 Å². The van der Waals surface area contributed by atoms with Gasteiger partial charge in [0.05, 0.1) is 0 Å². The number of nitrogens with one attached hydrogen (secondary N) is 1. The highest BCUT2D eigenvalue weighted by molar-refractivity contribution is 5.94. The van der Waals surface area contributed by atoms with Gasteiger partial charge in [0.15, 0.2) is 0 Å². The molecule has 1 atom stereocenters. The van der Waals surface area contributed by atoms with Gasteiger partial charge in [0.1, 0.15) is 18.2 Å². The van der Waals surface area contributed by atoms with E-state index in [0.29, 0.717) is 12.6 Å². The first kappa shape index (κ1) is 15.8. The predicted octanol–water partition coefficient (Wildman–Crippen LogP) is 1.38. The SMILES string of the molecule is CCN1CCN(CCOc2ccc(C(=N)N)cc2)CC1C. The highest BCUT2D eigenvalue weighted by Gasteiger charge is 2.21. The Bertz CT molecular complexity index is 460. The molecule has 0 amide bonds. The first-order valence-electron chi connectivity index (χ1n) is 7.63. The van der Waals surface area contributed by atoms with Crippen LogP contribution in [0.25, 0.3) is 0 Å². The van der Waals surface area contributed by atoms with Crippen LogP contribution in [0.5, 0.6) is 5.75 Å². The summed E-state index contributed by atoms with van der Waals surface area (Å²) in [5.41, 5.74) is 6.16. The van der Waals surface area contributed by atoms with E-state index in [1.54, 1.807) is 0 Å². The number of rotatable bonds is 6.